The minimum Gasteiger partial charge on any atom is -0.462 e. The topological polar surface area (TPSA) is 73.2 Å². The van der Waals surface area contributed by atoms with E-state index in [1.54, 1.807) is 13.8 Å². The first kappa shape index (κ1) is 18.7. The van der Waals surface area contributed by atoms with E-state index in [1.807, 2.05) is 0 Å². The molecule has 0 saturated carbocycles. The SMILES string of the molecule is CCOC(=O)c1cnn(/C=C/C(C)(C)NC(C)=O)c1C(F)(F)F. The molecule has 1 aromatic heterocycles. The van der Waals surface area contributed by atoms with Crippen LogP contribution in [0.2, 0.25) is 0 Å². The van der Waals surface area contributed by atoms with Gasteiger partial charge in [-0.3, -0.25) is 4.79 Å². The quantitative estimate of drug-likeness (QED) is 0.840. The highest BCUT2D eigenvalue weighted by Crippen LogP contribution is 2.32. The fourth-order valence-electron chi connectivity index (χ4n) is 1.87. The summed E-state index contributed by atoms with van der Waals surface area (Å²) in [7, 11) is 0. The van der Waals surface area contributed by atoms with Gasteiger partial charge in [0, 0.05) is 13.1 Å². The van der Waals surface area contributed by atoms with Crippen LogP contribution in [0.15, 0.2) is 12.3 Å². The van der Waals surface area contributed by atoms with E-state index in [9.17, 15) is 22.8 Å². The molecule has 1 rings (SSSR count). The Morgan fingerprint density at radius 1 is 1.39 bits per heavy atom. The summed E-state index contributed by atoms with van der Waals surface area (Å²) >= 11 is 0. The summed E-state index contributed by atoms with van der Waals surface area (Å²) in [6.07, 6.45) is -1.61. The Morgan fingerprint density at radius 2 is 2.00 bits per heavy atom. The van der Waals surface area contributed by atoms with Crippen molar-refractivity contribution in [2.24, 2.45) is 0 Å². The van der Waals surface area contributed by atoms with E-state index in [-0.39, 0.29) is 12.5 Å². The number of rotatable bonds is 5. The van der Waals surface area contributed by atoms with Gasteiger partial charge in [0.2, 0.25) is 5.91 Å². The highest BCUT2D eigenvalue weighted by atomic mass is 19.4. The molecule has 0 aliphatic rings. The summed E-state index contributed by atoms with van der Waals surface area (Å²) < 4.78 is 44.7. The van der Waals surface area contributed by atoms with E-state index in [0.29, 0.717) is 4.68 Å². The van der Waals surface area contributed by atoms with Crippen LogP contribution in [0.5, 0.6) is 0 Å². The lowest BCUT2D eigenvalue weighted by Crippen LogP contribution is -2.40. The first-order valence-electron chi connectivity index (χ1n) is 6.78. The standard InChI is InChI=1S/C14H18F3N3O3/c1-5-23-12(22)10-8-18-20(11(10)14(15,16)17)7-6-13(3,4)19-9(2)21/h6-8H,5H2,1-4H3,(H,19,21)/b7-6+. The molecule has 6 nitrogen and oxygen atoms in total. The maximum absolute atomic E-state index is 13.2. The smallest absolute Gasteiger partial charge is 0.434 e. The molecule has 0 unspecified atom stereocenters. The van der Waals surface area contributed by atoms with E-state index in [4.69, 9.17) is 0 Å². The van der Waals surface area contributed by atoms with E-state index >= 15 is 0 Å². The zero-order valence-corrected chi connectivity index (χ0v) is 13.2. The number of nitrogens with one attached hydrogen (secondary N) is 1. The van der Waals surface area contributed by atoms with Gasteiger partial charge in [0.1, 0.15) is 5.56 Å². The number of nitrogens with zero attached hydrogens (tertiary/aromatic N) is 2. The van der Waals surface area contributed by atoms with Crippen molar-refractivity contribution < 1.29 is 27.5 Å². The zero-order valence-electron chi connectivity index (χ0n) is 13.2. The van der Waals surface area contributed by atoms with Gasteiger partial charge in [-0.2, -0.15) is 18.3 Å². The Bertz CT molecular complexity index is 619. The fourth-order valence-corrected chi connectivity index (χ4v) is 1.87. The van der Waals surface area contributed by atoms with E-state index < -0.39 is 28.9 Å². The van der Waals surface area contributed by atoms with Crippen molar-refractivity contribution in [3.05, 3.63) is 23.5 Å². The number of hydrogen-bond donors (Lipinski definition) is 1. The second-order valence-electron chi connectivity index (χ2n) is 5.29. The normalized spacial score (nSPS) is 12.5. The molecule has 1 aromatic rings. The Labute approximate surface area is 131 Å². The maximum Gasteiger partial charge on any atom is 0.434 e. The molecule has 0 aliphatic heterocycles. The lowest BCUT2D eigenvalue weighted by molar-refractivity contribution is -0.143. The number of hydrogen-bond acceptors (Lipinski definition) is 4. The summed E-state index contributed by atoms with van der Waals surface area (Å²) in [4.78, 5) is 22.7. The van der Waals surface area contributed by atoms with Crippen LogP contribution in [-0.4, -0.2) is 33.8 Å². The molecule has 0 spiro atoms. The number of amides is 1. The first-order chi connectivity index (χ1) is 10.5. The number of alkyl halides is 3. The molecule has 0 bridgehead atoms. The van der Waals surface area contributed by atoms with Crippen molar-refractivity contribution >= 4 is 18.1 Å². The van der Waals surface area contributed by atoms with Crippen molar-refractivity contribution in [2.75, 3.05) is 6.61 Å². The summed E-state index contributed by atoms with van der Waals surface area (Å²) in [5, 5.41) is 6.12. The van der Waals surface area contributed by atoms with Crippen LogP contribution in [-0.2, 0) is 15.7 Å². The number of aromatic nitrogens is 2. The zero-order chi connectivity index (χ0) is 17.8. The molecule has 0 radical (unpaired) electrons. The van der Waals surface area contributed by atoms with Gasteiger partial charge in [-0.25, -0.2) is 9.48 Å². The average molecular weight is 333 g/mol. The molecule has 23 heavy (non-hydrogen) atoms. The van der Waals surface area contributed by atoms with Gasteiger partial charge in [0.25, 0.3) is 0 Å². The lowest BCUT2D eigenvalue weighted by Gasteiger charge is -2.21. The van der Waals surface area contributed by atoms with Crippen molar-refractivity contribution in [1.82, 2.24) is 15.1 Å². The monoisotopic (exact) mass is 333 g/mol. The lowest BCUT2D eigenvalue weighted by atomic mass is 10.1. The van der Waals surface area contributed by atoms with E-state index in [0.717, 1.165) is 12.4 Å². The van der Waals surface area contributed by atoms with Crippen molar-refractivity contribution in [3.8, 4) is 0 Å². The van der Waals surface area contributed by atoms with Gasteiger partial charge < -0.3 is 10.1 Å². The molecule has 128 valence electrons. The summed E-state index contributed by atoms with van der Waals surface area (Å²) in [6, 6.07) is 0. The molecule has 1 heterocycles. The fraction of sp³-hybridized carbons (Fsp3) is 0.500. The van der Waals surface area contributed by atoms with E-state index in [1.165, 1.54) is 19.9 Å². The molecule has 0 aromatic carbocycles. The Hall–Kier alpha value is -2.32. The third-order valence-electron chi connectivity index (χ3n) is 2.69. The van der Waals surface area contributed by atoms with Crippen LogP contribution in [0, 0.1) is 0 Å². The Morgan fingerprint density at radius 3 is 2.48 bits per heavy atom. The molecule has 0 atom stereocenters. The molecule has 1 N–H and O–H groups in total. The number of halogens is 3. The third kappa shape index (κ3) is 5.11. The van der Waals surface area contributed by atoms with E-state index in [2.05, 4.69) is 15.2 Å². The van der Waals surface area contributed by atoms with Crippen molar-refractivity contribution in [3.63, 3.8) is 0 Å². The van der Waals surface area contributed by atoms with Crippen molar-refractivity contribution in [2.45, 2.75) is 39.4 Å². The van der Waals surface area contributed by atoms with Crippen LogP contribution >= 0.6 is 0 Å². The van der Waals surface area contributed by atoms with Crippen LogP contribution in [0.4, 0.5) is 13.2 Å². The molecule has 0 aliphatic carbocycles. The molecule has 0 fully saturated rings. The Balaban J connectivity index is 3.23. The predicted octanol–water partition coefficient (Wildman–Crippen LogP) is 2.46. The second kappa shape index (κ2) is 6.84. The average Bonchev–Trinajstić information content (AvgIpc) is 2.79. The van der Waals surface area contributed by atoms with Crippen LogP contribution in [0.25, 0.3) is 6.20 Å². The van der Waals surface area contributed by atoms with Gasteiger partial charge in [-0.1, -0.05) is 0 Å². The Kier molecular flexibility index (Phi) is 5.57. The molecular formula is C14H18F3N3O3. The van der Waals surface area contributed by atoms with Crippen molar-refractivity contribution in [1.29, 1.82) is 0 Å². The van der Waals surface area contributed by atoms with Gasteiger partial charge in [0.15, 0.2) is 5.69 Å². The van der Waals surface area contributed by atoms with Gasteiger partial charge in [0.05, 0.1) is 18.3 Å². The van der Waals surface area contributed by atoms with Gasteiger partial charge >= 0.3 is 12.1 Å². The summed E-state index contributed by atoms with van der Waals surface area (Å²) in [5.74, 6) is -1.43. The largest absolute Gasteiger partial charge is 0.462 e. The predicted molar refractivity (Wildman–Crippen MR) is 76.4 cm³/mol. The van der Waals surface area contributed by atoms with Crippen LogP contribution in [0.3, 0.4) is 0 Å². The highest BCUT2D eigenvalue weighted by molar-refractivity contribution is 5.90. The minimum atomic E-state index is -4.79. The van der Waals surface area contributed by atoms with Gasteiger partial charge in [-0.05, 0) is 26.8 Å². The highest BCUT2D eigenvalue weighted by Gasteiger charge is 2.40. The first-order valence-corrected chi connectivity index (χ1v) is 6.78. The van der Waals surface area contributed by atoms with Crippen LogP contribution in [0.1, 0.15) is 43.7 Å². The maximum atomic E-state index is 13.2. The molecular weight excluding hydrogens is 315 g/mol. The van der Waals surface area contributed by atoms with Gasteiger partial charge in [-0.15, -0.1) is 0 Å². The number of carbonyl (C=O) groups excluding carboxylic acids is 2. The minimum absolute atomic E-state index is 0.0489. The second-order valence-corrected chi connectivity index (χ2v) is 5.29. The third-order valence-corrected chi connectivity index (χ3v) is 2.69. The van der Waals surface area contributed by atoms with Crippen LogP contribution < -0.4 is 5.32 Å². The number of carbonyl (C=O) groups is 2. The summed E-state index contributed by atoms with van der Waals surface area (Å²) in [6.45, 7) is 5.95. The number of esters is 1. The summed E-state index contributed by atoms with van der Waals surface area (Å²) in [5.41, 5.74) is -2.78. The molecule has 1 amide bonds. The molecule has 0 saturated heterocycles. The number of ether oxygens (including phenoxy) is 1. The molecule has 9 heteroatoms.